The Labute approximate surface area is 94.8 Å². The van der Waals surface area contributed by atoms with Crippen LogP contribution < -0.4 is 5.46 Å². The van der Waals surface area contributed by atoms with E-state index in [4.69, 9.17) is 14.5 Å². The van der Waals surface area contributed by atoms with E-state index in [1.165, 1.54) is 0 Å². The molecular formula is C12H15BO3. The van der Waals surface area contributed by atoms with Gasteiger partial charge >= 0.3 is 7.12 Å². The maximum Gasteiger partial charge on any atom is 0.488 e. The third-order valence-corrected chi connectivity index (χ3v) is 2.50. The van der Waals surface area contributed by atoms with Crippen LogP contribution in [0.5, 0.6) is 0 Å². The van der Waals surface area contributed by atoms with Crippen molar-refractivity contribution in [2.24, 2.45) is 5.92 Å². The number of hydrogen-bond acceptors (Lipinski definition) is 3. The molecule has 0 aliphatic rings. The maximum atomic E-state index is 9.06. The Morgan fingerprint density at radius 3 is 2.62 bits per heavy atom. The number of hydrogen-bond donors (Lipinski definition) is 2. The van der Waals surface area contributed by atoms with Crippen molar-refractivity contribution in [2.45, 2.75) is 20.3 Å². The highest BCUT2D eigenvalue weighted by molar-refractivity contribution is 6.58. The highest BCUT2D eigenvalue weighted by Gasteiger charge is 2.13. The molecule has 0 unspecified atom stereocenters. The fraction of sp³-hybridized carbons (Fsp3) is 0.333. The second kappa shape index (κ2) is 4.32. The third kappa shape index (κ3) is 2.28. The summed E-state index contributed by atoms with van der Waals surface area (Å²) < 4.78 is 5.65. The van der Waals surface area contributed by atoms with Crippen molar-refractivity contribution in [3.05, 3.63) is 30.0 Å². The zero-order valence-corrected chi connectivity index (χ0v) is 9.47. The van der Waals surface area contributed by atoms with Crippen LogP contribution in [0, 0.1) is 5.92 Å². The van der Waals surface area contributed by atoms with Crippen LogP contribution in [0.25, 0.3) is 11.0 Å². The van der Waals surface area contributed by atoms with Crippen molar-refractivity contribution in [1.82, 2.24) is 0 Å². The predicted molar refractivity (Wildman–Crippen MR) is 64.6 cm³/mol. The average molecular weight is 218 g/mol. The Morgan fingerprint density at radius 1 is 1.25 bits per heavy atom. The first-order chi connectivity index (χ1) is 7.56. The van der Waals surface area contributed by atoms with Gasteiger partial charge < -0.3 is 14.5 Å². The first-order valence-electron chi connectivity index (χ1n) is 5.45. The van der Waals surface area contributed by atoms with Gasteiger partial charge in [0.1, 0.15) is 11.3 Å². The van der Waals surface area contributed by atoms with E-state index in [0.717, 1.165) is 23.2 Å². The smallest absolute Gasteiger partial charge is 0.461 e. The minimum Gasteiger partial charge on any atom is -0.461 e. The lowest BCUT2D eigenvalue weighted by Crippen LogP contribution is -2.29. The molecule has 1 aromatic carbocycles. The number of furan rings is 1. The van der Waals surface area contributed by atoms with Gasteiger partial charge in [0.25, 0.3) is 0 Å². The summed E-state index contributed by atoms with van der Waals surface area (Å²) in [6.45, 7) is 4.27. The number of fused-ring (bicyclic) bond motifs is 1. The van der Waals surface area contributed by atoms with Crippen LogP contribution in [-0.4, -0.2) is 17.2 Å². The van der Waals surface area contributed by atoms with Crippen molar-refractivity contribution in [2.75, 3.05) is 0 Å². The predicted octanol–water partition coefficient (Wildman–Crippen LogP) is 1.31. The Morgan fingerprint density at radius 2 is 2.00 bits per heavy atom. The molecule has 0 bridgehead atoms. The lowest BCUT2D eigenvalue weighted by molar-refractivity contribution is 0.426. The summed E-state index contributed by atoms with van der Waals surface area (Å²) in [6.07, 6.45) is 0.895. The minimum absolute atomic E-state index is 0.490. The molecule has 0 saturated heterocycles. The van der Waals surface area contributed by atoms with Crippen LogP contribution in [0.15, 0.2) is 28.7 Å². The van der Waals surface area contributed by atoms with Gasteiger partial charge in [0.05, 0.1) is 0 Å². The van der Waals surface area contributed by atoms with E-state index in [-0.39, 0.29) is 0 Å². The second-order valence-electron chi connectivity index (χ2n) is 4.48. The van der Waals surface area contributed by atoms with Crippen LogP contribution in [0.2, 0.25) is 0 Å². The van der Waals surface area contributed by atoms with Crippen LogP contribution in [-0.2, 0) is 6.42 Å². The van der Waals surface area contributed by atoms with Crippen LogP contribution >= 0.6 is 0 Å². The summed E-state index contributed by atoms with van der Waals surface area (Å²) in [6, 6.07) is 7.14. The van der Waals surface area contributed by atoms with Gasteiger partial charge in [-0.05, 0) is 23.5 Å². The summed E-state index contributed by atoms with van der Waals surface area (Å²) in [5.74, 6) is 1.48. The lowest BCUT2D eigenvalue weighted by atomic mass is 9.80. The van der Waals surface area contributed by atoms with Crippen LogP contribution in [0.4, 0.5) is 0 Å². The van der Waals surface area contributed by atoms with Gasteiger partial charge in [-0.15, -0.1) is 0 Å². The van der Waals surface area contributed by atoms with Gasteiger partial charge in [-0.2, -0.15) is 0 Å². The molecule has 0 aliphatic heterocycles. The third-order valence-electron chi connectivity index (χ3n) is 2.50. The van der Waals surface area contributed by atoms with Crippen LogP contribution in [0.1, 0.15) is 19.6 Å². The van der Waals surface area contributed by atoms with Gasteiger partial charge in [0.15, 0.2) is 0 Å². The Hall–Kier alpha value is -1.26. The van der Waals surface area contributed by atoms with E-state index in [1.807, 2.05) is 6.07 Å². The van der Waals surface area contributed by atoms with Gasteiger partial charge in [-0.1, -0.05) is 26.0 Å². The van der Waals surface area contributed by atoms with E-state index in [9.17, 15) is 0 Å². The van der Waals surface area contributed by atoms with E-state index in [0.29, 0.717) is 11.4 Å². The topological polar surface area (TPSA) is 53.6 Å². The summed E-state index contributed by atoms with van der Waals surface area (Å²) in [5, 5.41) is 19.0. The molecule has 84 valence electrons. The average Bonchev–Trinajstić information content (AvgIpc) is 2.56. The Bertz CT molecular complexity index is 488. The Kier molecular flexibility index (Phi) is 3.03. The maximum absolute atomic E-state index is 9.06. The van der Waals surface area contributed by atoms with Gasteiger partial charge in [-0.3, -0.25) is 0 Å². The molecule has 4 heteroatoms. The number of benzene rings is 1. The lowest BCUT2D eigenvalue weighted by Gasteiger charge is -1.98. The van der Waals surface area contributed by atoms with E-state index in [2.05, 4.69) is 13.8 Å². The molecular weight excluding hydrogens is 203 g/mol. The zero-order valence-electron chi connectivity index (χ0n) is 9.47. The standard InChI is InChI=1S/C12H15BO3/c1-8(2)5-11-7-9-6-10(13(14)15)3-4-12(9)16-11/h3-4,6-8,14-15H,5H2,1-2H3. The Balaban J connectivity index is 2.38. The normalized spacial score (nSPS) is 11.3. The van der Waals surface area contributed by atoms with E-state index < -0.39 is 7.12 Å². The summed E-state index contributed by atoms with van der Waals surface area (Å²) in [7, 11) is -1.42. The van der Waals surface area contributed by atoms with E-state index >= 15 is 0 Å². The molecule has 3 nitrogen and oxygen atoms in total. The number of rotatable bonds is 3. The van der Waals surface area contributed by atoms with Gasteiger partial charge in [0.2, 0.25) is 0 Å². The first-order valence-corrected chi connectivity index (χ1v) is 5.45. The van der Waals surface area contributed by atoms with Crippen LogP contribution in [0.3, 0.4) is 0 Å². The molecule has 0 spiro atoms. The quantitative estimate of drug-likeness (QED) is 0.763. The fourth-order valence-electron chi connectivity index (χ4n) is 1.78. The molecule has 2 rings (SSSR count). The summed E-state index contributed by atoms with van der Waals surface area (Å²) in [5.41, 5.74) is 1.28. The van der Waals surface area contributed by atoms with Crippen molar-refractivity contribution in [3.8, 4) is 0 Å². The van der Waals surface area contributed by atoms with Gasteiger partial charge in [0, 0.05) is 11.8 Å². The monoisotopic (exact) mass is 218 g/mol. The molecule has 16 heavy (non-hydrogen) atoms. The second-order valence-corrected chi connectivity index (χ2v) is 4.48. The van der Waals surface area contributed by atoms with Crippen molar-refractivity contribution in [3.63, 3.8) is 0 Å². The molecule has 0 saturated carbocycles. The first kappa shape index (κ1) is 11.2. The zero-order chi connectivity index (χ0) is 11.7. The van der Waals surface area contributed by atoms with Crippen molar-refractivity contribution in [1.29, 1.82) is 0 Å². The van der Waals surface area contributed by atoms with E-state index in [1.54, 1.807) is 18.2 Å². The van der Waals surface area contributed by atoms with Crippen molar-refractivity contribution < 1.29 is 14.5 Å². The van der Waals surface area contributed by atoms with Crippen molar-refractivity contribution >= 4 is 23.6 Å². The molecule has 0 atom stereocenters. The molecule has 0 aliphatic carbocycles. The summed E-state index contributed by atoms with van der Waals surface area (Å²) >= 11 is 0. The molecule has 2 aromatic rings. The molecule has 0 amide bonds. The molecule has 0 radical (unpaired) electrons. The minimum atomic E-state index is -1.42. The SMILES string of the molecule is CC(C)Cc1cc2cc(B(O)O)ccc2o1. The highest BCUT2D eigenvalue weighted by atomic mass is 16.4. The largest absolute Gasteiger partial charge is 0.488 e. The molecule has 1 heterocycles. The summed E-state index contributed by atoms with van der Waals surface area (Å²) in [4.78, 5) is 0. The van der Waals surface area contributed by atoms with Gasteiger partial charge in [-0.25, -0.2) is 0 Å². The highest BCUT2D eigenvalue weighted by Crippen LogP contribution is 2.20. The molecule has 2 N–H and O–H groups in total. The molecule has 1 aromatic heterocycles. The molecule has 0 fully saturated rings. The fourth-order valence-corrected chi connectivity index (χ4v) is 1.78.